The van der Waals surface area contributed by atoms with Gasteiger partial charge in [-0.25, -0.2) is 0 Å². The van der Waals surface area contributed by atoms with E-state index in [1.165, 1.54) is 11.8 Å². The van der Waals surface area contributed by atoms with Crippen LogP contribution >= 0.6 is 11.8 Å². The molecule has 0 N–H and O–H groups in total. The molecule has 0 fully saturated rings. The summed E-state index contributed by atoms with van der Waals surface area (Å²) in [7, 11) is -1.44. The minimum absolute atomic E-state index is 0.142. The Bertz CT molecular complexity index is 906. The lowest BCUT2D eigenvalue weighted by Gasteiger charge is -2.30. The molecule has 2 atom stereocenters. The zero-order valence-electron chi connectivity index (χ0n) is 14.7. The van der Waals surface area contributed by atoms with E-state index in [1.54, 1.807) is 18.4 Å². The first-order valence-electron chi connectivity index (χ1n) is 8.28. The van der Waals surface area contributed by atoms with Gasteiger partial charge in [0.2, 0.25) is 0 Å². The summed E-state index contributed by atoms with van der Waals surface area (Å²) in [5.41, 5.74) is 2.42. The van der Waals surface area contributed by atoms with E-state index in [9.17, 15) is 9.00 Å². The quantitative estimate of drug-likeness (QED) is 0.435. The molecule has 0 saturated carbocycles. The van der Waals surface area contributed by atoms with Gasteiger partial charge in [0.25, 0.3) is 0 Å². The van der Waals surface area contributed by atoms with Crippen LogP contribution in [0.25, 0.3) is 0 Å². The van der Waals surface area contributed by atoms with Crippen molar-refractivity contribution in [2.45, 2.75) is 15.9 Å². The predicted octanol–water partition coefficient (Wildman–Crippen LogP) is 5.20. The minimum Gasteiger partial charge on any atom is -0.291 e. The Morgan fingerprint density at radius 2 is 1.38 bits per heavy atom. The molecule has 0 radical (unpaired) electrons. The number of thioether (sulfide) groups is 1. The lowest BCUT2D eigenvalue weighted by Crippen LogP contribution is -2.36. The van der Waals surface area contributed by atoms with Gasteiger partial charge in [0.1, 0.15) is 0 Å². The smallest absolute Gasteiger partial charge is 0.196 e. The Morgan fingerprint density at radius 1 is 0.846 bits per heavy atom. The number of hydrogen-bond donors (Lipinski definition) is 0. The van der Waals surface area contributed by atoms with Gasteiger partial charge in [-0.05, 0) is 24.6 Å². The van der Waals surface area contributed by atoms with Crippen LogP contribution in [-0.2, 0) is 14.9 Å². The molecule has 2 unspecified atom stereocenters. The third kappa shape index (κ3) is 3.67. The first kappa shape index (κ1) is 18.6. The molecule has 0 bridgehead atoms. The van der Waals surface area contributed by atoms with E-state index in [0.29, 0.717) is 5.56 Å². The highest BCUT2D eigenvalue weighted by molar-refractivity contribution is 8.12. The monoisotopic (exact) mass is 380 g/mol. The second-order valence-corrected chi connectivity index (χ2v) is 9.11. The van der Waals surface area contributed by atoms with Gasteiger partial charge in [-0.3, -0.25) is 9.00 Å². The molecule has 0 aliphatic heterocycles. The average molecular weight is 381 g/mol. The van der Waals surface area contributed by atoms with Crippen molar-refractivity contribution in [1.82, 2.24) is 0 Å². The van der Waals surface area contributed by atoms with E-state index >= 15 is 0 Å². The number of rotatable bonds is 6. The highest BCUT2D eigenvalue weighted by Gasteiger charge is 2.45. The van der Waals surface area contributed by atoms with E-state index in [0.717, 1.165) is 16.0 Å². The van der Waals surface area contributed by atoms with Crippen LogP contribution in [0.4, 0.5) is 0 Å². The molecule has 0 aromatic heterocycles. The van der Waals surface area contributed by atoms with Crippen LogP contribution in [0.3, 0.4) is 0 Å². The molecule has 0 amide bonds. The Kier molecular flexibility index (Phi) is 5.74. The summed E-state index contributed by atoms with van der Waals surface area (Å²) in [5, 5.41) is 0. The largest absolute Gasteiger partial charge is 0.291 e. The summed E-state index contributed by atoms with van der Waals surface area (Å²) in [6.45, 7) is 2.00. The second kappa shape index (κ2) is 8.02. The molecule has 132 valence electrons. The molecule has 3 rings (SSSR count). The van der Waals surface area contributed by atoms with Crippen LogP contribution in [0.2, 0.25) is 0 Å². The van der Waals surface area contributed by atoms with Gasteiger partial charge < -0.3 is 0 Å². The highest BCUT2D eigenvalue weighted by Crippen LogP contribution is 2.46. The summed E-state index contributed by atoms with van der Waals surface area (Å²) in [6, 6.07) is 26.5. The fourth-order valence-corrected chi connectivity index (χ4v) is 5.49. The maximum absolute atomic E-state index is 13.6. The van der Waals surface area contributed by atoms with Gasteiger partial charge in [-0.1, -0.05) is 90.1 Å². The van der Waals surface area contributed by atoms with Crippen molar-refractivity contribution in [2.24, 2.45) is 0 Å². The number of hydrogen-bond acceptors (Lipinski definition) is 3. The van der Waals surface area contributed by atoms with E-state index in [4.69, 9.17) is 0 Å². The number of Topliss-reactive ketones (excluding diaryl/α,β-unsaturated/α-hetero) is 1. The van der Waals surface area contributed by atoms with Crippen molar-refractivity contribution in [3.05, 3.63) is 102 Å². The molecule has 0 aliphatic carbocycles. The second-order valence-electron chi connectivity index (χ2n) is 6.05. The Labute approximate surface area is 161 Å². The van der Waals surface area contributed by atoms with Crippen molar-refractivity contribution < 1.29 is 9.00 Å². The first-order chi connectivity index (χ1) is 12.5. The van der Waals surface area contributed by atoms with E-state index in [1.807, 2.05) is 79.7 Å². The third-order valence-corrected chi connectivity index (χ3v) is 7.58. The zero-order chi connectivity index (χ0) is 18.6. The molecule has 2 nitrogen and oxygen atoms in total. The van der Waals surface area contributed by atoms with Gasteiger partial charge in [-0.15, -0.1) is 0 Å². The van der Waals surface area contributed by atoms with Crippen molar-refractivity contribution in [1.29, 1.82) is 0 Å². The normalized spacial score (nSPS) is 14.4. The molecule has 0 heterocycles. The predicted molar refractivity (Wildman–Crippen MR) is 110 cm³/mol. The molecule has 26 heavy (non-hydrogen) atoms. The molecule has 3 aromatic carbocycles. The molecule has 4 heteroatoms. The number of ketones is 1. The topological polar surface area (TPSA) is 34.1 Å². The fourth-order valence-electron chi connectivity index (χ4n) is 2.80. The number of benzene rings is 3. The highest BCUT2D eigenvalue weighted by atomic mass is 32.2. The van der Waals surface area contributed by atoms with E-state index in [2.05, 4.69) is 0 Å². The van der Waals surface area contributed by atoms with E-state index in [-0.39, 0.29) is 5.78 Å². The summed E-state index contributed by atoms with van der Waals surface area (Å²) in [4.78, 5) is 14.5. The Hall–Kier alpha value is -2.17. The summed E-state index contributed by atoms with van der Waals surface area (Å²) >= 11 is 1.36. The Balaban J connectivity index is 2.20. The molecule has 3 aromatic rings. The van der Waals surface area contributed by atoms with Gasteiger partial charge in [0, 0.05) is 27.5 Å². The lowest BCUT2D eigenvalue weighted by molar-refractivity contribution is 0.0976. The van der Waals surface area contributed by atoms with E-state index < -0.39 is 14.9 Å². The summed E-state index contributed by atoms with van der Waals surface area (Å²) < 4.78 is 11.8. The lowest BCUT2D eigenvalue weighted by atomic mass is 10.0. The van der Waals surface area contributed by atoms with Gasteiger partial charge in [0.05, 0.1) is 0 Å². The van der Waals surface area contributed by atoms with Crippen molar-refractivity contribution in [3.8, 4) is 0 Å². The SMILES string of the molecule is Cc1ccc(C(Sc2ccccc2)(C(=O)c2ccccc2)S(C)=O)cc1. The van der Waals surface area contributed by atoms with Crippen molar-refractivity contribution in [3.63, 3.8) is 0 Å². The molecule has 0 aliphatic rings. The van der Waals surface area contributed by atoms with Crippen LogP contribution in [-0.4, -0.2) is 16.2 Å². The van der Waals surface area contributed by atoms with Crippen LogP contribution in [0, 0.1) is 6.92 Å². The third-order valence-electron chi connectivity index (χ3n) is 4.18. The number of carbonyl (C=O) groups is 1. The van der Waals surface area contributed by atoms with Gasteiger partial charge >= 0.3 is 0 Å². The Morgan fingerprint density at radius 3 is 1.92 bits per heavy atom. The van der Waals surface area contributed by atoms with Crippen molar-refractivity contribution >= 4 is 28.3 Å². The standard InChI is InChI=1S/C22H20O2S2/c1-17-13-15-19(16-14-17)22(26(2)24,25-20-11-7-4-8-12-20)21(23)18-9-5-3-6-10-18/h3-16H,1-2H3. The fraction of sp³-hybridized carbons (Fsp3) is 0.136. The van der Waals surface area contributed by atoms with Crippen molar-refractivity contribution in [2.75, 3.05) is 6.26 Å². The van der Waals surface area contributed by atoms with Crippen LogP contribution in [0.15, 0.2) is 89.8 Å². The summed E-state index contributed by atoms with van der Waals surface area (Å²) in [5.74, 6) is -0.142. The van der Waals surface area contributed by atoms with Crippen LogP contribution in [0.5, 0.6) is 0 Å². The van der Waals surface area contributed by atoms with Crippen LogP contribution < -0.4 is 0 Å². The average Bonchev–Trinajstić information content (AvgIpc) is 2.67. The maximum atomic E-state index is 13.6. The molecule has 0 spiro atoms. The summed E-state index contributed by atoms with van der Waals surface area (Å²) in [6.07, 6.45) is 1.61. The number of aryl methyl sites for hydroxylation is 1. The molecule has 0 saturated heterocycles. The molecular weight excluding hydrogens is 360 g/mol. The van der Waals surface area contributed by atoms with Gasteiger partial charge in [-0.2, -0.15) is 0 Å². The maximum Gasteiger partial charge on any atom is 0.196 e. The van der Waals surface area contributed by atoms with Crippen LogP contribution in [0.1, 0.15) is 21.5 Å². The van der Waals surface area contributed by atoms with Gasteiger partial charge in [0.15, 0.2) is 9.86 Å². The number of carbonyl (C=O) groups excluding carboxylic acids is 1. The zero-order valence-corrected chi connectivity index (χ0v) is 16.3. The molecular formula is C22H20O2S2. The first-order valence-corrected chi connectivity index (χ1v) is 10.7. The minimum atomic E-state index is -1.44.